The lowest BCUT2D eigenvalue weighted by Crippen LogP contribution is -2.48. The maximum atomic E-state index is 12.5. The summed E-state index contributed by atoms with van der Waals surface area (Å²) in [4.78, 5) is 16.9. The van der Waals surface area contributed by atoms with Crippen LogP contribution in [0.4, 0.5) is 0 Å². The molecular formula is C22H28N2O2. The number of piperazine rings is 1. The zero-order valence-corrected chi connectivity index (χ0v) is 15.8. The van der Waals surface area contributed by atoms with Crippen LogP contribution in [0.1, 0.15) is 23.1 Å². The number of rotatable bonds is 6. The first-order valence-corrected chi connectivity index (χ1v) is 9.32. The van der Waals surface area contributed by atoms with Gasteiger partial charge in [0.05, 0.1) is 7.11 Å². The van der Waals surface area contributed by atoms with Crippen molar-refractivity contribution in [2.45, 2.75) is 26.3 Å². The van der Waals surface area contributed by atoms with Gasteiger partial charge in [0.15, 0.2) is 0 Å². The maximum Gasteiger partial charge on any atom is 0.222 e. The fraction of sp³-hybridized carbons (Fsp3) is 0.409. The van der Waals surface area contributed by atoms with Crippen LogP contribution in [0.25, 0.3) is 0 Å². The van der Waals surface area contributed by atoms with Crippen molar-refractivity contribution in [3.8, 4) is 5.75 Å². The highest BCUT2D eigenvalue weighted by Crippen LogP contribution is 2.14. The molecule has 1 saturated heterocycles. The Balaban J connectivity index is 1.42. The summed E-state index contributed by atoms with van der Waals surface area (Å²) in [5.41, 5.74) is 3.81. The molecule has 2 aromatic rings. The van der Waals surface area contributed by atoms with Gasteiger partial charge in [-0.3, -0.25) is 9.69 Å². The van der Waals surface area contributed by atoms with Crippen molar-refractivity contribution in [2.24, 2.45) is 0 Å². The highest BCUT2D eigenvalue weighted by molar-refractivity contribution is 5.76. The second-order valence-electron chi connectivity index (χ2n) is 6.99. The number of nitrogens with zero attached hydrogens (tertiary/aromatic N) is 2. The molecule has 0 aliphatic carbocycles. The maximum absolute atomic E-state index is 12.5. The summed E-state index contributed by atoms with van der Waals surface area (Å²) in [6.45, 7) is 6.62. The quantitative estimate of drug-likeness (QED) is 0.800. The van der Waals surface area contributed by atoms with Gasteiger partial charge in [-0.15, -0.1) is 0 Å². The van der Waals surface area contributed by atoms with Gasteiger partial charge >= 0.3 is 0 Å². The Labute approximate surface area is 156 Å². The van der Waals surface area contributed by atoms with Gasteiger partial charge in [-0.05, 0) is 36.6 Å². The number of methoxy groups -OCH3 is 1. The van der Waals surface area contributed by atoms with Crippen LogP contribution in [-0.2, 0) is 17.8 Å². The van der Waals surface area contributed by atoms with E-state index in [2.05, 4.69) is 36.1 Å². The van der Waals surface area contributed by atoms with Crippen molar-refractivity contribution < 1.29 is 9.53 Å². The molecule has 1 heterocycles. The molecule has 0 radical (unpaired) electrons. The molecule has 2 aromatic carbocycles. The Bertz CT molecular complexity index is 702. The molecule has 0 aromatic heterocycles. The third-order valence-electron chi connectivity index (χ3n) is 5.04. The molecule has 1 amide bonds. The Morgan fingerprint density at radius 3 is 2.15 bits per heavy atom. The average Bonchev–Trinajstić information content (AvgIpc) is 2.69. The molecule has 0 unspecified atom stereocenters. The molecule has 1 aliphatic heterocycles. The number of hydrogen-bond acceptors (Lipinski definition) is 3. The molecule has 138 valence electrons. The smallest absolute Gasteiger partial charge is 0.222 e. The molecular weight excluding hydrogens is 324 g/mol. The first kappa shape index (κ1) is 18.5. The molecule has 4 heteroatoms. The zero-order chi connectivity index (χ0) is 18.4. The van der Waals surface area contributed by atoms with Crippen molar-refractivity contribution in [3.05, 3.63) is 65.2 Å². The Kier molecular flexibility index (Phi) is 6.29. The van der Waals surface area contributed by atoms with Gasteiger partial charge in [0.25, 0.3) is 0 Å². The number of carbonyl (C=O) groups is 1. The topological polar surface area (TPSA) is 32.8 Å². The van der Waals surface area contributed by atoms with Gasteiger partial charge < -0.3 is 9.64 Å². The summed E-state index contributed by atoms with van der Waals surface area (Å²) in [6, 6.07) is 16.7. The molecule has 0 saturated carbocycles. The van der Waals surface area contributed by atoms with Crippen LogP contribution in [-0.4, -0.2) is 49.0 Å². The van der Waals surface area contributed by atoms with E-state index in [1.807, 2.05) is 29.2 Å². The van der Waals surface area contributed by atoms with E-state index in [0.717, 1.165) is 44.9 Å². The minimum Gasteiger partial charge on any atom is -0.497 e. The van der Waals surface area contributed by atoms with Gasteiger partial charge in [0.2, 0.25) is 5.91 Å². The number of benzene rings is 2. The van der Waals surface area contributed by atoms with Crippen molar-refractivity contribution in [3.63, 3.8) is 0 Å². The van der Waals surface area contributed by atoms with Crippen LogP contribution in [0.15, 0.2) is 48.5 Å². The monoisotopic (exact) mass is 352 g/mol. The molecule has 0 atom stereocenters. The normalized spacial score (nSPS) is 15.1. The summed E-state index contributed by atoms with van der Waals surface area (Å²) in [5.74, 6) is 1.11. The molecule has 1 fully saturated rings. The van der Waals surface area contributed by atoms with Crippen LogP contribution < -0.4 is 4.74 Å². The lowest BCUT2D eigenvalue weighted by Gasteiger charge is -2.35. The molecule has 0 bridgehead atoms. The highest BCUT2D eigenvalue weighted by Gasteiger charge is 2.20. The summed E-state index contributed by atoms with van der Waals surface area (Å²) < 4.78 is 5.17. The van der Waals surface area contributed by atoms with Crippen molar-refractivity contribution in [1.82, 2.24) is 9.80 Å². The fourth-order valence-corrected chi connectivity index (χ4v) is 3.31. The van der Waals surface area contributed by atoms with E-state index in [1.54, 1.807) is 7.11 Å². The third-order valence-corrected chi connectivity index (χ3v) is 5.04. The predicted octanol–water partition coefficient (Wildman–Crippen LogP) is 3.28. The Morgan fingerprint density at radius 1 is 0.923 bits per heavy atom. The van der Waals surface area contributed by atoms with E-state index in [4.69, 9.17) is 4.74 Å². The van der Waals surface area contributed by atoms with Crippen molar-refractivity contribution in [1.29, 1.82) is 0 Å². The van der Waals surface area contributed by atoms with E-state index < -0.39 is 0 Å². The third kappa shape index (κ3) is 5.09. The molecule has 3 rings (SSSR count). The zero-order valence-electron chi connectivity index (χ0n) is 15.8. The minimum absolute atomic E-state index is 0.260. The number of aryl methyl sites for hydroxylation is 2. The summed E-state index contributed by atoms with van der Waals surface area (Å²) in [6.07, 6.45) is 1.36. The molecule has 4 nitrogen and oxygen atoms in total. The number of ether oxygens (including phenoxy) is 1. The van der Waals surface area contributed by atoms with Crippen molar-refractivity contribution >= 4 is 5.91 Å². The van der Waals surface area contributed by atoms with Crippen LogP contribution in [0.2, 0.25) is 0 Å². The number of amides is 1. The summed E-state index contributed by atoms with van der Waals surface area (Å²) in [7, 11) is 1.66. The van der Waals surface area contributed by atoms with Crippen LogP contribution in [0.5, 0.6) is 5.75 Å². The molecule has 0 spiro atoms. The number of hydrogen-bond donors (Lipinski definition) is 0. The standard InChI is InChI=1S/C22H28N2O2/c1-18-3-5-20(6-4-18)17-23-13-15-24(16-14-23)22(25)12-9-19-7-10-21(26-2)11-8-19/h3-8,10-11H,9,12-17H2,1-2H3. The Hall–Kier alpha value is -2.33. The average molecular weight is 352 g/mol. The van der Waals surface area contributed by atoms with E-state index in [9.17, 15) is 4.79 Å². The van der Waals surface area contributed by atoms with Crippen molar-refractivity contribution in [2.75, 3.05) is 33.3 Å². The van der Waals surface area contributed by atoms with Gasteiger partial charge in [0.1, 0.15) is 5.75 Å². The van der Waals surface area contributed by atoms with E-state index >= 15 is 0 Å². The van der Waals surface area contributed by atoms with Gasteiger partial charge in [-0.1, -0.05) is 42.0 Å². The number of carbonyl (C=O) groups excluding carboxylic acids is 1. The van der Waals surface area contributed by atoms with Crippen LogP contribution >= 0.6 is 0 Å². The summed E-state index contributed by atoms with van der Waals surface area (Å²) in [5, 5.41) is 0. The predicted molar refractivity (Wildman–Crippen MR) is 104 cm³/mol. The molecule has 0 N–H and O–H groups in total. The lowest BCUT2D eigenvalue weighted by atomic mass is 10.1. The highest BCUT2D eigenvalue weighted by atomic mass is 16.5. The van der Waals surface area contributed by atoms with E-state index in [-0.39, 0.29) is 5.91 Å². The SMILES string of the molecule is COc1ccc(CCC(=O)N2CCN(Cc3ccc(C)cc3)CC2)cc1. The lowest BCUT2D eigenvalue weighted by molar-refractivity contribution is -0.133. The van der Waals surface area contributed by atoms with E-state index in [1.165, 1.54) is 16.7 Å². The van der Waals surface area contributed by atoms with Crippen LogP contribution in [0.3, 0.4) is 0 Å². The largest absolute Gasteiger partial charge is 0.497 e. The summed E-state index contributed by atoms with van der Waals surface area (Å²) >= 11 is 0. The van der Waals surface area contributed by atoms with Crippen LogP contribution in [0, 0.1) is 6.92 Å². The first-order chi connectivity index (χ1) is 12.6. The van der Waals surface area contributed by atoms with E-state index in [0.29, 0.717) is 6.42 Å². The van der Waals surface area contributed by atoms with Gasteiger partial charge in [-0.25, -0.2) is 0 Å². The first-order valence-electron chi connectivity index (χ1n) is 9.32. The Morgan fingerprint density at radius 2 is 1.54 bits per heavy atom. The second kappa shape index (κ2) is 8.86. The molecule has 26 heavy (non-hydrogen) atoms. The fourth-order valence-electron chi connectivity index (χ4n) is 3.31. The van der Waals surface area contributed by atoms with Gasteiger partial charge in [-0.2, -0.15) is 0 Å². The second-order valence-corrected chi connectivity index (χ2v) is 6.99. The molecule has 1 aliphatic rings. The van der Waals surface area contributed by atoms with Gasteiger partial charge in [0, 0.05) is 39.1 Å². The minimum atomic E-state index is 0.260.